The Labute approximate surface area is 100 Å². The first-order valence-electron chi connectivity index (χ1n) is 4.07. The zero-order valence-corrected chi connectivity index (χ0v) is 8.82. The molecule has 1 aromatic rings. The van der Waals surface area contributed by atoms with Crippen LogP contribution in [0.1, 0.15) is 11.1 Å². The summed E-state index contributed by atoms with van der Waals surface area (Å²) in [6.45, 7) is 0. The molecule has 0 radical (unpaired) electrons. The van der Waals surface area contributed by atoms with E-state index in [0.717, 1.165) is 0 Å². The van der Waals surface area contributed by atoms with Gasteiger partial charge in [0.05, 0.1) is 16.1 Å². The van der Waals surface area contributed by atoms with Crippen LogP contribution in [0.4, 0.5) is 32.0 Å². The van der Waals surface area contributed by atoms with Crippen molar-refractivity contribution >= 4 is 17.3 Å². The number of alkyl halides is 6. The van der Waals surface area contributed by atoms with Crippen LogP contribution in [-0.4, -0.2) is 4.92 Å². The molecule has 0 aromatic heterocycles. The third-order valence-electron chi connectivity index (χ3n) is 1.91. The molecule has 0 amide bonds. The minimum absolute atomic E-state index is 0.0210. The molecule has 0 heterocycles. The predicted molar refractivity (Wildman–Crippen MR) is 48.1 cm³/mol. The molecule has 10 heteroatoms. The molecule has 0 saturated carbocycles. The van der Waals surface area contributed by atoms with Gasteiger partial charge in [-0.05, 0) is 6.07 Å². The Balaban J connectivity index is 3.69. The van der Waals surface area contributed by atoms with Crippen LogP contribution in [-0.2, 0) is 12.4 Å². The van der Waals surface area contributed by atoms with Gasteiger partial charge in [0, 0.05) is 6.07 Å². The fourth-order valence-electron chi connectivity index (χ4n) is 1.22. The number of hydrogen-bond donors (Lipinski definition) is 0. The summed E-state index contributed by atoms with van der Waals surface area (Å²) in [7, 11) is 0. The fourth-order valence-corrected chi connectivity index (χ4v) is 1.56. The number of nitrogens with zero attached hydrogens (tertiary/aromatic N) is 1. The summed E-state index contributed by atoms with van der Waals surface area (Å²) in [6.07, 6.45) is -10.8. The topological polar surface area (TPSA) is 43.1 Å². The number of halogens is 7. The molecule has 0 bridgehead atoms. The molecule has 0 unspecified atom stereocenters. The Kier molecular flexibility index (Phi) is 3.48. The number of benzene rings is 1. The molecule has 0 spiro atoms. The smallest absolute Gasteiger partial charge is 0.258 e. The van der Waals surface area contributed by atoms with Crippen molar-refractivity contribution in [2.45, 2.75) is 12.4 Å². The van der Waals surface area contributed by atoms with E-state index in [1.54, 1.807) is 0 Å². The molecule has 18 heavy (non-hydrogen) atoms. The Hall–Kier alpha value is -1.51. The quantitative estimate of drug-likeness (QED) is 0.440. The van der Waals surface area contributed by atoms with Gasteiger partial charge in [0.2, 0.25) is 0 Å². The van der Waals surface area contributed by atoms with E-state index in [9.17, 15) is 36.5 Å². The predicted octanol–water partition coefficient (Wildman–Crippen LogP) is 4.29. The van der Waals surface area contributed by atoms with Gasteiger partial charge in [-0.25, -0.2) is 0 Å². The van der Waals surface area contributed by atoms with E-state index in [-0.39, 0.29) is 12.1 Å². The van der Waals surface area contributed by atoms with Crippen LogP contribution < -0.4 is 0 Å². The second-order valence-corrected chi connectivity index (χ2v) is 3.45. The maximum atomic E-state index is 12.5. The van der Waals surface area contributed by atoms with Gasteiger partial charge in [0.15, 0.2) is 0 Å². The average molecular weight is 294 g/mol. The maximum absolute atomic E-state index is 12.5. The molecule has 0 fully saturated rings. The van der Waals surface area contributed by atoms with Gasteiger partial charge in [0.25, 0.3) is 5.69 Å². The number of hydrogen-bond acceptors (Lipinski definition) is 2. The highest BCUT2D eigenvalue weighted by atomic mass is 35.5. The summed E-state index contributed by atoms with van der Waals surface area (Å²) >= 11 is 5.04. The lowest BCUT2D eigenvalue weighted by molar-refractivity contribution is -0.385. The summed E-state index contributed by atoms with van der Waals surface area (Å²) in [5.41, 5.74) is -5.56. The Morgan fingerprint density at radius 2 is 1.56 bits per heavy atom. The van der Waals surface area contributed by atoms with Gasteiger partial charge in [-0.15, -0.1) is 0 Å². The second-order valence-electron chi connectivity index (χ2n) is 3.07. The van der Waals surface area contributed by atoms with Gasteiger partial charge in [-0.1, -0.05) is 11.6 Å². The molecule has 100 valence electrons. The highest BCUT2D eigenvalue weighted by Crippen LogP contribution is 2.46. The van der Waals surface area contributed by atoms with Gasteiger partial charge in [-0.2, -0.15) is 26.3 Å². The first-order chi connectivity index (χ1) is 7.96. The molecule has 0 N–H and O–H groups in total. The van der Waals surface area contributed by atoms with Crippen LogP contribution in [0, 0.1) is 10.1 Å². The van der Waals surface area contributed by atoms with E-state index in [1.165, 1.54) is 0 Å². The molecular formula is C8H2ClF6NO2. The average Bonchev–Trinajstić information content (AvgIpc) is 2.12. The van der Waals surface area contributed by atoms with E-state index in [0.29, 0.717) is 0 Å². The summed E-state index contributed by atoms with van der Waals surface area (Å²) in [6, 6.07) is 0.257. The van der Waals surface area contributed by atoms with Crippen LogP contribution in [0.5, 0.6) is 0 Å². The van der Waals surface area contributed by atoms with E-state index >= 15 is 0 Å². The van der Waals surface area contributed by atoms with Crippen molar-refractivity contribution in [2.24, 2.45) is 0 Å². The Morgan fingerprint density at radius 3 is 1.89 bits per heavy atom. The van der Waals surface area contributed by atoms with Gasteiger partial charge in [-0.3, -0.25) is 10.1 Å². The Morgan fingerprint density at radius 1 is 1.06 bits per heavy atom. The first-order valence-corrected chi connectivity index (χ1v) is 4.45. The largest absolute Gasteiger partial charge is 0.418 e. The molecule has 0 aliphatic carbocycles. The summed E-state index contributed by atoms with van der Waals surface area (Å²) < 4.78 is 74.5. The molecule has 3 nitrogen and oxygen atoms in total. The molecule has 0 saturated heterocycles. The van der Waals surface area contributed by atoms with Crippen molar-refractivity contribution in [3.05, 3.63) is 38.4 Å². The normalized spacial score (nSPS) is 12.6. The number of rotatable bonds is 1. The highest BCUT2D eigenvalue weighted by molar-refractivity contribution is 6.33. The lowest BCUT2D eigenvalue weighted by atomic mass is 10.1. The van der Waals surface area contributed by atoms with Crippen LogP contribution >= 0.6 is 11.6 Å². The van der Waals surface area contributed by atoms with Gasteiger partial charge < -0.3 is 0 Å². The summed E-state index contributed by atoms with van der Waals surface area (Å²) in [4.78, 5) is 9.04. The second kappa shape index (κ2) is 4.30. The molecule has 1 aromatic carbocycles. The van der Waals surface area contributed by atoms with Crippen molar-refractivity contribution in [1.82, 2.24) is 0 Å². The zero-order chi connectivity index (χ0) is 14.3. The molecule has 0 aliphatic heterocycles. The zero-order valence-electron chi connectivity index (χ0n) is 8.06. The highest BCUT2D eigenvalue weighted by Gasteiger charge is 2.46. The summed E-state index contributed by atoms with van der Waals surface area (Å²) in [5.74, 6) is 0. The molecule has 0 aliphatic rings. The molecule has 0 atom stereocenters. The Bertz CT molecular complexity index is 496. The summed E-state index contributed by atoms with van der Waals surface area (Å²) in [5, 5.41) is 8.75. The van der Waals surface area contributed by atoms with E-state index in [2.05, 4.69) is 0 Å². The van der Waals surface area contributed by atoms with E-state index in [1.807, 2.05) is 0 Å². The van der Waals surface area contributed by atoms with Crippen molar-refractivity contribution in [1.29, 1.82) is 0 Å². The van der Waals surface area contributed by atoms with Crippen molar-refractivity contribution in [3.8, 4) is 0 Å². The van der Waals surface area contributed by atoms with E-state index in [4.69, 9.17) is 11.6 Å². The van der Waals surface area contributed by atoms with Crippen LogP contribution in [0.3, 0.4) is 0 Å². The monoisotopic (exact) mass is 293 g/mol. The van der Waals surface area contributed by atoms with Crippen molar-refractivity contribution < 1.29 is 31.3 Å². The minimum Gasteiger partial charge on any atom is -0.258 e. The van der Waals surface area contributed by atoms with Crippen molar-refractivity contribution in [3.63, 3.8) is 0 Å². The maximum Gasteiger partial charge on any atom is 0.418 e. The van der Waals surface area contributed by atoms with Crippen LogP contribution in [0.25, 0.3) is 0 Å². The fraction of sp³-hybridized carbons (Fsp3) is 0.250. The first kappa shape index (κ1) is 14.6. The lowest BCUT2D eigenvalue weighted by Crippen LogP contribution is -2.17. The lowest BCUT2D eigenvalue weighted by Gasteiger charge is -2.16. The number of nitro groups is 1. The minimum atomic E-state index is -5.45. The van der Waals surface area contributed by atoms with Gasteiger partial charge >= 0.3 is 12.4 Å². The van der Waals surface area contributed by atoms with E-state index < -0.39 is 39.1 Å². The van der Waals surface area contributed by atoms with Crippen molar-refractivity contribution in [2.75, 3.05) is 0 Å². The third kappa shape index (κ3) is 2.66. The standard InChI is InChI=1S/C8H2ClF6NO2/c9-6-4(16(17)18)2-1-3(7(10,11)12)5(6)8(13,14)15/h1-2H. The molecular weight excluding hydrogens is 292 g/mol. The number of nitro benzene ring substituents is 1. The van der Waals surface area contributed by atoms with Crippen LogP contribution in [0.15, 0.2) is 12.1 Å². The van der Waals surface area contributed by atoms with Gasteiger partial charge in [0.1, 0.15) is 5.02 Å². The van der Waals surface area contributed by atoms with Crippen LogP contribution in [0.2, 0.25) is 5.02 Å². The third-order valence-corrected chi connectivity index (χ3v) is 2.29. The molecule has 1 rings (SSSR count). The SMILES string of the molecule is O=[N+]([O-])c1ccc(C(F)(F)F)c(C(F)(F)F)c1Cl.